The molecule has 3 rings (SSSR count). The first kappa shape index (κ1) is 14.4. The van der Waals surface area contributed by atoms with Gasteiger partial charge in [-0.15, -0.1) is 0 Å². The third kappa shape index (κ3) is 3.20. The highest BCUT2D eigenvalue weighted by atomic mass is 32.2. The Morgan fingerprint density at radius 3 is 3.24 bits per heavy atom. The number of likely N-dealkylation sites (tertiary alicyclic amines) is 1. The summed E-state index contributed by atoms with van der Waals surface area (Å²) in [6.07, 6.45) is 6.18. The lowest BCUT2D eigenvalue weighted by atomic mass is 10.0. The highest BCUT2D eigenvalue weighted by Gasteiger charge is 2.25. The maximum absolute atomic E-state index is 12.4. The van der Waals surface area contributed by atoms with Crippen molar-refractivity contribution < 1.29 is 9.21 Å². The fourth-order valence-electron chi connectivity index (χ4n) is 2.77. The zero-order valence-corrected chi connectivity index (χ0v) is 12.9. The number of amides is 1. The molecule has 0 unspecified atom stereocenters. The lowest BCUT2D eigenvalue weighted by Gasteiger charge is -2.35. The summed E-state index contributed by atoms with van der Waals surface area (Å²) in [5.74, 6) is 0.560. The number of carbonyl (C=O) groups is 1. The van der Waals surface area contributed by atoms with E-state index >= 15 is 0 Å². The van der Waals surface area contributed by atoms with Crippen LogP contribution in [0.1, 0.15) is 32.6 Å². The fourth-order valence-corrected chi connectivity index (χ4v) is 3.48. The third-order valence-corrected chi connectivity index (χ3v) is 4.70. The van der Waals surface area contributed by atoms with Crippen molar-refractivity contribution >= 4 is 28.9 Å². The van der Waals surface area contributed by atoms with Crippen LogP contribution in [0, 0.1) is 0 Å². The molecule has 2 aromatic rings. The molecule has 0 aliphatic carbocycles. The van der Waals surface area contributed by atoms with Crippen molar-refractivity contribution in [2.24, 2.45) is 0 Å². The number of piperidine rings is 1. The zero-order chi connectivity index (χ0) is 14.7. The molecule has 5 nitrogen and oxygen atoms in total. The summed E-state index contributed by atoms with van der Waals surface area (Å²) in [6, 6.07) is 4.04. The van der Waals surface area contributed by atoms with Gasteiger partial charge in [-0.2, -0.15) is 4.98 Å². The molecule has 3 heterocycles. The predicted octanol–water partition coefficient (Wildman–Crippen LogP) is 3.11. The van der Waals surface area contributed by atoms with Crippen molar-refractivity contribution in [3.8, 4) is 0 Å². The highest BCUT2D eigenvalue weighted by Crippen LogP contribution is 2.24. The van der Waals surface area contributed by atoms with Crippen molar-refractivity contribution in [1.82, 2.24) is 14.9 Å². The molecule has 0 bridgehead atoms. The molecule has 112 valence electrons. The zero-order valence-electron chi connectivity index (χ0n) is 12.1. The second kappa shape index (κ2) is 6.47. The third-order valence-electron chi connectivity index (χ3n) is 3.88. The Labute approximate surface area is 128 Å². The van der Waals surface area contributed by atoms with Gasteiger partial charge in [0.2, 0.25) is 5.91 Å². The standard InChI is InChI=1S/C15H19N3O2S/c1-2-11-6-3-4-9-18(11)13(19)10-21-15-17-14-12(20-15)7-5-8-16-14/h5,7-8,11H,2-4,6,9-10H2,1H3/t11-/m1/s1. The van der Waals surface area contributed by atoms with E-state index in [1.165, 1.54) is 18.2 Å². The molecule has 1 saturated heterocycles. The average molecular weight is 305 g/mol. The number of fused-ring (bicyclic) bond motifs is 1. The van der Waals surface area contributed by atoms with Gasteiger partial charge in [0.1, 0.15) is 0 Å². The van der Waals surface area contributed by atoms with E-state index in [0.29, 0.717) is 28.2 Å². The normalized spacial score (nSPS) is 19.1. The Morgan fingerprint density at radius 2 is 2.43 bits per heavy atom. The van der Waals surface area contributed by atoms with E-state index in [4.69, 9.17) is 4.42 Å². The maximum atomic E-state index is 12.4. The second-order valence-electron chi connectivity index (χ2n) is 5.24. The van der Waals surface area contributed by atoms with Gasteiger partial charge in [-0.25, -0.2) is 4.98 Å². The first-order valence-electron chi connectivity index (χ1n) is 7.41. The van der Waals surface area contributed by atoms with Crippen LogP contribution >= 0.6 is 11.8 Å². The van der Waals surface area contributed by atoms with E-state index in [1.54, 1.807) is 6.20 Å². The van der Waals surface area contributed by atoms with Crippen LogP contribution in [0.2, 0.25) is 0 Å². The summed E-state index contributed by atoms with van der Waals surface area (Å²) >= 11 is 1.35. The topological polar surface area (TPSA) is 59.2 Å². The molecule has 0 saturated carbocycles. The van der Waals surface area contributed by atoms with Gasteiger partial charge < -0.3 is 9.32 Å². The van der Waals surface area contributed by atoms with Gasteiger partial charge >= 0.3 is 0 Å². The molecule has 21 heavy (non-hydrogen) atoms. The molecule has 2 aromatic heterocycles. The number of rotatable bonds is 4. The minimum atomic E-state index is 0.182. The first-order chi connectivity index (χ1) is 10.3. The van der Waals surface area contributed by atoms with Crippen molar-refractivity contribution in [1.29, 1.82) is 0 Å². The Kier molecular flexibility index (Phi) is 4.43. The van der Waals surface area contributed by atoms with Crippen LogP contribution in [-0.4, -0.2) is 39.1 Å². The van der Waals surface area contributed by atoms with Gasteiger partial charge in [-0.3, -0.25) is 4.79 Å². The van der Waals surface area contributed by atoms with Gasteiger partial charge in [0, 0.05) is 18.8 Å². The summed E-state index contributed by atoms with van der Waals surface area (Å²) < 4.78 is 5.58. The molecule has 1 atom stereocenters. The first-order valence-corrected chi connectivity index (χ1v) is 8.40. The van der Waals surface area contributed by atoms with E-state index in [0.717, 1.165) is 25.8 Å². The van der Waals surface area contributed by atoms with Gasteiger partial charge in [0.05, 0.1) is 5.75 Å². The maximum Gasteiger partial charge on any atom is 0.258 e. The van der Waals surface area contributed by atoms with Crippen molar-refractivity contribution in [2.75, 3.05) is 12.3 Å². The van der Waals surface area contributed by atoms with Gasteiger partial charge in [-0.05, 0) is 37.8 Å². The van der Waals surface area contributed by atoms with Crippen LogP contribution in [0.15, 0.2) is 28.0 Å². The Morgan fingerprint density at radius 1 is 1.52 bits per heavy atom. The fraction of sp³-hybridized carbons (Fsp3) is 0.533. The molecule has 1 aliphatic rings. The van der Waals surface area contributed by atoms with E-state index in [2.05, 4.69) is 16.9 Å². The van der Waals surface area contributed by atoms with Crippen molar-refractivity contribution in [2.45, 2.75) is 43.9 Å². The predicted molar refractivity (Wildman–Crippen MR) is 82.2 cm³/mol. The van der Waals surface area contributed by atoms with Gasteiger partial charge in [0.25, 0.3) is 5.22 Å². The van der Waals surface area contributed by atoms with Gasteiger partial charge in [-0.1, -0.05) is 18.7 Å². The van der Waals surface area contributed by atoms with Crippen LogP contribution in [0.3, 0.4) is 0 Å². The summed E-state index contributed by atoms with van der Waals surface area (Å²) in [7, 11) is 0. The highest BCUT2D eigenvalue weighted by molar-refractivity contribution is 7.99. The molecule has 0 N–H and O–H groups in total. The lowest BCUT2D eigenvalue weighted by Crippen LogP contribution is -2.44. The minimum Gasteiger partial charge on any atom is -0.430 e. The van der Waals surface area contributed by atoms with E-state index in [9.17, 15) is 4.79 Å². The molecule has 0 radical (unpaired) electrons. The number of hydrogen-bond donors (Lipinski definition) is 0. The van der Waals surface area contributed by atoms with Crippen LogP contribution in [0.25, 0.3) is 11.2 Å². The number of thioether (sulfide) groups is 1. The molecular weight excluding hydrogens is 286 g/mol. The summed E-state index contributed by atoms with van der Waals surface area (Å²) in [4.78, 5) is 22.8. The molecule has 6 heteroatoms. The molecule has 1 aliphatic heterocycles. The Balaban J connectivity index is 1.62. The number of nitrogens with zero attached hydrogens (tertiary/aromatic N) is 3. The molecule has 1 amide bonds. The number of hydrogen-bond acceptors (Lipinski definition) is 5. The smallest absolute Gasteiger partial charge is 0.258 e. The number of aromatic nitrogens is 2. The Hall–Kier alpha value is -1.56. The minimum absolute atomic E-state index is 0.182. The molecule has 0 spiro atoms. The van der Waals surface area contributed by atoms with E-state index in [1.807, 2.05) is 17.0 Å². The van der Waals surface area contributed by atoms with E-state index in [-0.39, 0.29) is 5.91 Å². The number of carbonyl (C=O) groups excluding carboxylic acids is 1. The number of oxazole rings is 1. The van der Waals surface area contributed by atoms with Crippen molar-refractivity contribution in [3.63, 3.8) is 0 Å². The van der Waals surface area contributed by atoms with Crippen LogP contribution < -0.4 is 0 Å². The van der Waals surface area contributed by atoms with Crippen LogP contribution in [-0.2, 0) is 4.79 Å². The summed E-state index contributed by atoms with van der Waals surface area (Å²) in [5, 5.41) is 0.516. The average Bonchev–Trinajstić information content (AvgIpc) is 2.95. The molecule has 1 fully saturated rings. The summed E-state index contributed by atoms with van der Waals surface area (Å²) in [6.45, 7) is 3.03. The van der Waals surface area contributed by atoms with Crippen molar-refractivity contribution in [3.05, 3.63) is 18.3 Å². The quantitative estimate of drug-likeness (QED) is 0.812. The monoisotopic (exact) mass is 305 g/mol. The van der Waals surface area contributed by atoms with E-state index < -0.39 is 0 Å². The van der Waals surface area contributed by atoms with Crippen LogP contribution in [0.4, 0.5) is 0 Å². The van der Waals surface area contributed by atoms with Gasteiger partial charge in [0.15, 0.2) is 11.2 Å². The molecule has 0 aromatic carbocycles. The number of pyridine rings is 1. The second-order valence-corrected chi connectivity index (χ2v) is 6.17. The summed E-state index contributed by atoms with van der Waals surface area (Å²) in [5.41, 5.74) is 1.26. The van der Waals surface area contributed by atoms with Crippen LogP contribution in [0.5, 0.6) is 0 Å². The molecular formula is C15H19N3O2S. The lowest BCUT2D eigenvalue weighted by molar-refractivity contribution is -0.132. The SMILES string of the molecule is CC[C@@H]1CCCCN1C(=O)CSc1nc2ncccc2o1. The Bertz CT molecular complexity index is 595. The largest absolute Gasteiger partial charge is 0.430 e.